The van der Waals surface area contributed by atoms with Gasteiger partial charge in [0.15, 0.2) is 0 Å². The van der Waals surface area contributed by atoms with E-state index in [2.05, 4.69) is 0 Å². The summed E-state index contributed by atoms with van der Waals surface area (Å²) >= 11 is 5.64. The minimum Gasteiger partial charge on any atom is -0.497 e. The van der Waals surface area contributed by atoms with Crippen LogP contribution in [0.1, 0.15) is 0 Å². The molecule has 0 spiro atoms. The van der Waals surface area contributed by atoms with Gasteiger partial charge in [-0.3, -0.25) is 0 Å². The van der Waals surface area contributed by atoms with Crippen LogP contribution in [0.15, 0.2) is 24.3 Å². The molecule has 0 saturated carbocycles. The average molecular weight is 166 g/mol. The van der Waals surface area contributed by atoms with Crippen LogP contribution in [-0.2, 0) is 0 Å². The number of methoxy groups -OCH3 is 1. The Labute approximate surface area is 87.6 Å². The fourth-order valence-corrected chi connectivity index (χ4v) is 0.774. The van der Waals surface area contributed by atoms with Crippen LogP contribution in [0, 0.1) is 0 Å². The molecule has 0 heterocycles. The number of rotatable bonds is 1. The van der Waals surface area contributed by atoms with Gasteiger partial charge >= 0.3 is 0 Å². The SMILES string of the molecule is COc1cccc(Cl)c1.[Na]. The minimum absolute atomic E-state index is 0. The Balaban J connectivity index is 0.000000810. The van der Waals surface area contributed by atoms with Crippen molar-refractivity contribution in [3.05, 3.63) is 29.3 Å². The van der Waals surface area contributed by atoms with Crippen LogP contribution in [0.5, 0.6) is 5.75 Å². The molecule has 0 unspecified atom stereocenters. The molecule has 0 saturated heterocycles. The van der Waals surface area contributed by atoms with Gasteiger partial charge in [-0.25, -0.2) is 0 Å². The van der Waals surface area contributed by atoms with E-state index >= 15 is 0 Å². The molecule has 1 aromatic rings. The number of hydrogen-bond donors (Lipinski definition) is 0. The van der Waals surface area contributed by atoms with Crippen LogP contribution in [0.3, 0.4) is 0 Å². The Hall–Kier alpha value is 0.310. The van der Waals surface area contributed by atoms with Gasteiger partial charge in [0.05, 0.1) is 7.11 Å². The van der Waals surface area contributed by atoms with Gasteiger partial charge in [0.1, 0.15) is 5.75 Å². The van der Waals surface area contributed by atoms with Gasteiger partial charge in [0, 0.05) is 34.6 Å². The molecule has 1 rings (SSSR count). The first-order chi connectivity index (χ1) is 4.33. The quantitative estimate of drug-likeness (QED) is 0.578. The molecule has 0 atom stereocenters. The van der Waals surface area contributed by atoms with E-state index in [0.29, 0.717) is 5.02 Å². The summed E-state index contributed by atoms with van der Waals surface area (Å²) < 4.78 is 4.91. The first-order valence-electron chi connectivity index (χ1n) is 2.62. The summed E-state index contributed by atoms with van der Waals surface area (Å²) in [6.45, 7) is 0. The average Bonchev–Trinajstić information content (AvgIpc) is 1.88. The Morgan fingerprint density at radius 3 is 2.50 bits per heavy atom. The monoisotopic (exact) mass is 165 g/mol. The summed E-state index contributed by atoms with van der Waals surface area (Å²) in [5.74, 6) is 0.794. The second kappa shape index (κ2) is 5.03. The predicted octanol–water partition coefficient (Wildman–Crippen LogP) is 1.97. The van der Waals surface area contributed by atoms with Crippen LogP contribution in [0.2, 0.25) is 5.02 Å². The fourth-order valence-electron chi connectivity index (χ4n) is 0.594. The van der Waals surface area contributed by atoms with Gasteiger partial charge in [0.2, 0.25) is 0 Å². The van der Waals surface area contributed by atoms with E-state index in [0.717, 1.165) is 5.75 Å². The van der Waals surface area contributed by atoms with Crippen LogP contribution >= 0.6 is 11.6 Å². The molecular weight excluding hydrogens is 159 g/mol. The second-order valence-electron chi connectivity index (χ2n) is 1.66. The van der Waals surface area contributed by atoms with Crippen LogP contribution in [0.25, 0.3) is 0 Å². The molecule has 3 heteroatoms. The molecular formula is C7H7ClNaO. The van der Waals surface area contributed by atoms with Crippen molar-refractivity contribution in [2.24, 2.45) is 0 Å². The first kappa shape index (κ1) is 10.3. The van der Waals surface area contributed by atoms with Gasteiger partial charge in [0.25, 0.3) is 0 Å². The molecule has 0 aliphatic rings. The number of hydrogen-bond acceptors (Lipinski definition) is 1. The van der Waals surface area contributed by atoms with E-state index in [1.54, 1.807) is 13.2 Å². The second-order valence-corrected chi connectivity index (χ2v) is 2.10. The van der Waals surface area contributed by atoms with Gasteiger partial charge < -0.3 is 4.74 Å². The zero-order chi connectivity index (χ0) is 6.69. The van der Waals surface area contributed by atoms with E-state index in [1.165, 1.54) is 0 Å². The van der Waals surface area contributed by atoms with Crippen molar-refractivity contribution in [1.82, 2.24) is 0 Å². The van der Waals surface area contributed by atoms with Crippen LogP contribution < -0.4 is 4.74 Å². The molecule has 0 aromatic heterocycles. The number of ether oxygens (including phenoxy) is 1. The van der Waals surface area contributed by atoms with E-state index in [1.807, 2.05) is 18.2 Å². The molecule has 1 aromatic carbocycles. The summed E-state index contributed by atoms with van der Waals surface area (Å²) in [6, 6.07) is 7.28. The summed E-state index contributed by atoms with van der Waals surface area (Å²) in [7, 11) is 1.62. The zero-order valence-corrected chi connectivity index (χ0v) is 8.85. The number of benzene rings is 1. The normalized spacial score (nSPS) is 8.20. The molecule has 1 nitrogen and oxygen atoms in total. The van der Waals surface area contributed by atoms with E-state index in [9.17, 15) is 0 Å². The largest absolute Gasteiger partial charge is 0.497 e. The van der Waals surface area contributed by atoms with E-state index in [-0.39, 0.29) is 29.6 Å². The summed E-state index contributed by atoms with van der Waals surface area (Å²) in [4.78, 5) is 0. The molecule has 49 valence electrons. The number of halogens is 1. The Morgan fingerprint density at radius 2 is 2.10 bits per heavy atom. The Morgan fingerprint density at radius 1 is 1.40 bits per heavy atom. The first-order valence-corrected chi connectivity index (χ1v) is 3.00. The van der Waals surface area contributed by atoms with Crippen molar-refractivity contribution in [3.8, 4) is 5.75 Å². The molecule has 0 aliphatic heterocycles. The summed E-state index contributed by atoms with van der Waals surface area (Å²) in [5, 5.41) is 0.703. The van der Waals surface area contributed by atoms with Crippen molar-refractivity contribution in [2.75, 3.05) is 7.11 Å². The third kappa shape index (κ3) is 2.93. The van der Waals surface area contributed by atoms with Gasteiger partial charge in [-0.15, -0.1) is 0 Å². The minimum atomic E-state index is 0. The Bertz CT molecular complexity index is 203. The van der Waals surface area contributed by atoms with Crippen molar-refractivity contribution in [3.63, 3.8) is 0 Å². The summed E-state index contributed by atoms with van der Waals surface area (Å²) in [5.41, 5.74) is 0. The maximum absolute atomic E-state index is 5.64. The third-order valence-electron chi connectivity index (χ3n) is 1.03. The van der Waals surface area contributed by atoms with Crippen LogP contribution in [0.4, 0.5) is 0 Å². The van der Waals surface area contributed by atoms with E-state index < -0.39 is 0 Å². The van der Waals surface area contributed by atoms with Crippen molar-refractivity contribution >= 4 is 41.2 Å². The zero-order valence-electron chi connectivity index (χ0n) is 6.10. The maximum Gasteiger partial charge on any atom is 0.120 e. The third-order valence-corrected chi connectivity index (χ3v) is 1.27. The maximum atomic E-state index is 5.64. The molecule has 0 N–H and O–H groups in total. The smallest absolute Gasteiger partial charge is 0.120 e. The Kier molecular flexibility index (Phi) is 5.18. The molecule has 10 heavy (non-hydrogen) atoms. The standard InChI is InChI=1S/C7H7ClO.Na/c1-9-7-4-2-3-6(8)5-7;/h2-5H,1H3;. The topological polar surface area (TPSA) is 9.23 Å². The predicted molar refractivity (Wildman–Crippen MR) is 43.8 cm³/mol. The molecule has 0 aliphatic carbocycles. The van der Waals surface area contributed by atoms with Crippen LogP contribution in [-0.4, -0.2) is 36.7 Å². The molecule has 0 amide bonds. The summed E-state index contributed by atoms with van der Waals surface area (Å²) in [6.07, 6.45) is 0. The molecule has 0 fully saturated rings. The van der Waals surface area contributed by atoms with E-state index in [4.69, 9.17) is 16.3 Å². The van der Waals surface area contributed by atoms with Gasteiger partial charge in [-0.2, -0.15) is 0 Å². The van der Waals surface area contributed by atoms with Gasteiger partial charge in [-0.1, -0.05) is 17.7 Å². The molecule has 0 bridgehead atoms. The van der Waals surface area contributed by atoms with Crippen molar-refractivity contribution in [2.45, 2.75) is 0 Å². The van der Waals surface area contributed by atoms with Crippen molar-refractivity contribution in [1.29, 1.82) is 0 Å². The molecule has 1 radical (unpaired) electrons. The van der Waals surface area contributed by atoms with Gasteiger partial charge in [-0.05, 0) is 18.2 Å². The fraction of sp³-hybridized carbons (Fsp3) is 0.143. The van der Waals surface area contributed by atoms with Crippen molar-refractivity contribution < 1.29 is 4.74 Å².